The van der Waals surface area contributed by atoms with Gasteiger partial charge in [-0.2, -0.15) is 0 Å². The average molecular weight is 296 g/mol. The Kier molecular flexibility index (Phi) is 5.28. The van der Waals surface area contributed by atoms with Crippen LogP contribution in [0.2, 0.25) is 0 Å². The number of rotatable bonds is 6. The molecule has 2 fully saturated rings. The van der Waals surface area contributed by atoms with Crippen molar-refractivity contribution in [2.24, 2.45) is 11.1 Å². The zero-order valence-corrected chi connectivity index (χ0v) is 14.0. The van der Waals surface area contributed by atoms with E-state index in [1.807, 2.05) is 0 Å². The molecule has 5 nitrogen and oxygen atoms in total. The molecule has 1 aliphatic heterocycles. The molecule has 0 unspecified atom stereocenters. The molecular weight excluding hydrogens is 264 g/mol. The summed E-state index contributed by atoms with van der Waals surface area (Å²) >= 11 is 0. The van der Waals surface area contributed by atoms with Gasteiger partial charge in [0.2, 0.25) is 5.91 Å². The van der Waals surface area contributed by atoms with Crippen LogP contribution in [0.15, 0.2) is 0 Å². The van der Waals surface area contributed by atoms with E-state index in [2.05, 4.69) is 36.0 Å². The van der Waals surface area contributed by atoms with Gasteiger partial charge in [0.25, 0.3) is 0 Å². The minimum atomic E-state index is 0.0202. The first-order chi connectivity index (χ1) is 9.87. The standard InChI is InChI=1S/C16H32N4O/c1-15(2,20-9-7-19(3)8-10-20)13-18-14(21)11-16(12-17)5-4-6-16/h4-13,17H2,1-3H3,(H,18,21). The second kappa shape index (κ2) is 6.63. The molecule has 1 amide bonds. The van der Waals surface area contributed by atoms with Crippen molar-refractivity contribution >= 4 is 5.91 Å². The molecule has 5 heteroatoms. The summed E-state index contributed by atoms with van der Waals surface area (Å²) in [6.45, 7) is 10.2. The molecule has 0 bridgehead atoms. The van der Waals surface area contributed by atoms with E-state index in [-0.39, 0.29) is 16.9 Å². The minimum Gasteiger partial charge on any atom is -0.354 e. The largest absolute Gasteiger partial charge is 0.354 e. The van der Waals surface area contributed by atoms with Crippen molar-refractivity contribution in [2.45, 2.75) is 45.1 Å². The summed E-state index contributed by atoms with van der Waals surface area (Å²) in [6.07, 6.45) is 4.04. The second-order valence-electron chi connectivity index (χ2n) is 7.61. The fraction of sp³-hybridized carbons (Fsp3) is 0.938. The Morgan fingerprint density at radius 2 is 1.86 bits per heavy atom. The molecule has 0 aromatic rings. The van der Waals surface area contributed by atoms with Crippen LogP contribution in [0.5, 0.6) is 0 Å². The fourth-order valence-electron chi connectivity index (χ4n) is 3.37. The first-order valence-electron chi connectivity index (χ1n) is 8.27. The van der Waals surface area contributed by atoms with Crippen LogP contribution in [-0.4, -0.2) is 67.6 Å². The van der Waals surface area contributed by atoms with Gasteiger partial charge >= 0.3 is 0 Å². The number of nitrogens with one attached hydrogen (secondary N) is 1. The summed E-state index contributed by atoms with van der Waals surface area (Å²) in [5.74, 6) is 0.169. The van der Waals surface area contributed by atoms with Gasteiger partial charge in [0, 0.05) is 44.7 Å². The third kappa shape index (κ3) is 4.18. The molecular formula is C16H32N4O. The van der Waals surface area contributed by atoms with Gasteiger partial charge < -0.3 is 16.0 Å². The predicted octanol–water partition coefficient (Wildman–Crippen LogP) is 0.648. The summed E-state index contributed by atoms with van der Waals surface area (Å²) in [7, 11) is 2.16. The number of likely N-dealkylation sites (N-methyl/N-ethyl adjacent to an activating group) is 1. The predicted molar refractivity (Wildman–Crippen MR) is 86.1 cm³/mol. The summed E-state index contributed by atoms with van der Waals surface area (Å²) in [4.78, 5) is 17.0. The lowest BCUT2D eigenvalue weighted by Gasteiger charge is -2.44. The van der Waals surface area contributed by atoms with Gasteiger partial charge in [-0.3, -0.25) is 9.69 Å². The summed E-state index contributed by atoms with van der Waals surface area (Å²) in [5.41, 5.74) is 5.96. The van der Waals surface area contributed by atoms with Crippen LogP contribution in [-0.2, 0) is 4.79 Å². The quantitative estimate of drug-likeness (QED) is 0.755. The maximum absolute atomic E-state index is 12.2. The number of hydrogen-bond acceptors (Lipinski definition) is 4. The third-order valence-electron chi connectivity index (χ3n) is 5.46. The van der Waals surface area contributed by atoms with E-state index in [9.17, 15) is 4.79 Å². The number of carbonyl (C=O) groups excluding carboxylic acids is 1. The van der Waals surface area contributed by atoms with E-state index in [0.29, 0.717) is 13.0 Å². The zero-order valence-electron chi connectivity index (χ0n) is 14.0. The van der Waals surface area contributed by atoms with Crippen molar-refractivity contribution in [2.75, 3.05) is 46.3 Å². The Labute approximate surface area is 129 Å². The van der Waals surface area contributed by atoms with E-state index >= 15 is 0 Å². The lowest BCUT2D eigenvalue weighted by molar-refractivity contribution is -0.125. The molecule has 1 aliphatic carbocycles. The highest BCUT2D eigenvalue weighted by atomic mass is 16.1. The Balaban J connectivity index is 1.77. The smallest absolute Gasteiger partial charge is 0.220 e. The van der Waals surface area contributed by atoms with Crippen LogP contribution in [0, 0.1) is 5.41 Å². The molecule has 1 saturated heterocycles. The molecule has 1 saturated carbocycles. The monoisotopic (exact) mass is 296 g/mol. The summed E-state index contributed by atoms with van der Waals surface area (Å²) in [5, 5.41) is 3.14. The van der Waals surface area contributed by atoms with Gasteiger partial charge in [0.05, 0.1) is 0 Å². The Morgan fingerprint density at radius 1 is 1.24 bits per heavy atom. The van der Waals surface area contributed by atoms with E-state index < -0.39 is 0 Å². The number of hydrogen-bond donors (Lipinski definition) is 2. The normalized spacial score (nSPS) is 23.6. The fourth-order valence-corrected chi connectivity index (χ4v) is 3.37. The van der Waals surface area contributed by atoms with Crippen molar-refractivity contribution in [3.63, 3.8) is 0 Å². The van der Waals surface area contributed by atoms with Crippen LogP contribution < -0.4 is 11.1 Å². The number of piperazine rings is 1. The van der Waals surface area contributed by atoms with Crippen LogP contribution in [0.4, 0.5) is 0 Å². The maximum Gasteiger partial charge on any atom is 0.220 e. The molecule has 0 aromatic carbocycles. The van der Waals surface area contributed by atoms with Crippen molar-refractivity contribution in [3.8, 4) is 0 Å². The van der Waals surface area contributed by atoms with Crippen LogP contribution >= 0.6 is 0 Å². The van der Waals surface area contributed by atoms with Crippen molar-refractivity contribution < 1.29 is 4.79 Å². The summed E-state index contributed by atoms with van der Waals surface area (Å²) in [6, 6.07) is 0. The molecule has 0 radical (unpaired) electrons. The molecule has 21 heavy (non-hydrogen) atoms. The van der Waals surface area contributed by atoms with Gasteiger partial charge in [0.1, 0.15) is 0 Å². The number of amides is 1. The number of nitrogens with zero attached hydrogens (tertiary/aromatic N) is 2. The van der Waals surface area contributed by atoms with E-state index in [1.54, 1.807) is 0 Å². The first-order valence-corrected chi connectivity index (χ1v) is 8.27. The molecule has 0 spiro atoms. The number of nitrogens with two attached hydrogens (primary N) is 1. The van der Waals surface area contributed by atoms with Crippen LogP contribution in [0.25, 0.3) is 0 Å². The Morgan fingerprint density at radius 3 is 2.33 bits per heavy atom. The Bertz CT molecular complexity index is 352. The van der Waals surface area contributed by atoms with Gasteiger partial charge in [-0.15, -0.1) is 0 Å². The molecule has 2 aliphatic rings. The molecule has 2 rings (SSSR count). The van der Waals surface area contributed by atoms with Crippen molar-refractivity contribution in [1.82, 2.24) is 15.1 Å². The van der Waals surface area contributed by atoms with E-state index in [0.717, 1.165) is 45.6 Å². The highest BCUT2D eigenvalue weighted by Crippen LogP contribution is 2.42. The summed E-state index contributed by atoms with van der Waals surface area (Å²) < 4.78 is 0. The Hall–Kier alpha value is -0.650. The molecule has 3 N–H and O–H groups in total. The molecule has 1 heterocycles. The zero-order chi connectivity index (χ0) is 15.5. The van der Waals surface area contributed by atoms with Crippen molar-refractivity contribution in [1.29, 1.82) is 0 Å². The molecule has 0 atom stereocenters. The third-order valence-corrected chi connectivity index (χ3v) is 5.46. The van der Waals surface area contributed by atoms with Gasteiger partial charge in [-0.25, -0.2) is 0 Å². The van der Waals surface area contributed by atoms with Crippen LogP contribution in [0.1, 0.15) is 39.5 Å². The highest BCUT2D eigenvalue weighted by molar-refractivity contribution is 5.77. The van der Waals surface area contributed by atoms with Crippen LogP contribution in [0.3, 0.4) is 0 Å². The maximum atomic E-state index is 12.2. The lowest BCUT2D eigenvalue weighted by atomic mass is 9.66. The first kappa shape index (κ1) is 16.7. The van der Waals surface area contributed by atoms with E-state index in [4.69, 9.17) is 5.73 Å². The minimum absolute atomic E-state index is 0.0202. The van der Waals surface area contributed by atoms with Gasteiger partial charge in [0.15, 0.2) is 0 Å². The molecule has 122 valence electrons. The van der Waals surface area contributed by atoms with Gasteiger partial charge in [-0.05, 0) is 45.7 Å². The van der Waals surface area contributed by atoms with Crippen molar-refractivity contribution in [3.05, 3.63) is 0 Å². The highest BCUT2D eigenvalue weighted by Gasteiger charge is 2.38. The molecule has 0 aromatic heterocycles. The van der Waals surface area contributed by atoms with Gasteiger partial charge in [-0.1, -0.05) is 6.42 Å². The average Bonchev–Trinajstić information content (AvgIpc) is 2.41. The topological polar surface area (TPSA) is 61.6 Å². The SMILES string of the molecule is CN1CCN(C(C)(C)CNC(=O)CC2(CN)CCC2)CC1. The van der Waals surface area contributed by atoms with E-state index in [1.165, 1.54) is 6.42 Å². The number of carbonyl (C=O) groups is 1. The second-order valence-corrected chi connectivity index (χ2v) is 7.61. The lowest BCUT2D eigenvalue weighted by Crippen LogP contribution is -2.58.